The van der Waals surface area contributed by atoms with E-state index >= 15 is 0 Å². The second-order valence-electron chi connectivity index (χ2n) is 5.27. The average molecular weight is 358 g/mol. The van der Waals surface area contributed by atoms with Crippen LogP contribution in [0.2, 0.25) is 0 Å². The highest BCUT2D eigenvalue weighted by atomic mass is 16.6. The van der Waals surface area contributed by atoms with Gasteiger partial charge in [0.1, 0.15) is 11.4 Å². The molecule has 0 spiro atoms. The number of amides is 1. The average Bonchev–Trinajstić information content (AvgIpc) is 2.65. The van der Waals surface area contributed by atoms with Crippen LogP contribution in [0.15, 0.2) is 48.5 Å². The van der Waals surface area contributed by atoms with Crippen LogP contribution >= 0.6 is 0 Å². The fourth-order valence-electron chi connectivity index (χ4n) is 2.05. The maximum atomic E-state index is 12.0. The monoisotopic (exact) mass is 358 g/mol. The molecule has 0 atom stereocenters. The molecule has 0 radical (unpaired) electrons. The van der Waals surface area contributed by atoms with Crippen LogP contribution < -0.4 is 10.1 Å². The Bertz CT molecular complexity index is 789. The fourth-order valence-corrected chi connectivity index (χ4v) is 2.05. The number of hydrogen-bond donors (Lipinski definition) is 1. The van der Waals surface area contributed by atoms with E-state index in [2.05, 4.69) is 5.32 Å². The lowest BCUT2D eigenvalue weighted by Gasteiger charge is -2.08. The minimum absolute atomic E-state index is 0.0379. The molecule has 0 fully saturated rings. The Morgan fingerprint density at radius 3 is 2.46 bits per heavy atom. The zero-order valence-corrected chi connectivity index (χ0v) is 14.1. The molecule has 0 heterocycles. The van der Waals surface area contributed by atoms with Gasteiger partial charge in [-0.15, -0.1) is 0 Å². The smallest absolute Gasteiger partial charge is 0.338 e. The number of carbonyl (C=O) groups excluding carboxylic acids is 2. The van der Waals surface area contributed by atoms with Gasteiger partial charge in [-0.3, -0.25) is 14.9 Å². The summed E-state index contributed by atoms with van der Waals surface area (Å²) in [7, 11) is 0. The van der Waals surface area contributed by atoms with Gasteiger partial charge in [-0.1, -0.05) is 19.1 Å². The van der Waals surface area contributed by atoms with Crippen molar-refractivity contribution < 1.29 is 24.0 Å². The minimum atomic E-state index is -0.676. The van der Waals surface area contributed by atoms with Gasteiger partial charge in [0.25, 0.3) is 11.6 Å². The number of nitro benzene ring substituents is 1. The maximum absolute atomic E-state index is 12.0. The number of nitro groups is 1. The van der Waals surface area contributed by atoms with Crippen LogP contribution in [0.1, 0.15) is 23.7 Å². The summed E-state index contributed by atoms with van der Waals surface area (Å²) in [5.74, 6) is -0.710. The molecule has 136 valence electrons. The van der Waals surface area contributed by atoms with Crippen LogP contribution in [0.25, 0.3) is 0 Å². The highest BCUT2D eigenvalue weighted by Gasteiger charge is 2.16. The van der Waals surface area contributed by atoms with E-state index in [0.29, 0.717) is 12.4 Å². The molecule has 2 rings (SSSR count). The van der Waals surface area contributed by atoms with E-state index in [4.69, 9.17) is 9.47 Å². The van der Waals surface area contributed by atoms with Gasteiger partial charge in [-0.2, -0.15) is 0 Å². The SMILES string of the molecule is CCCOc1ccc(C(=O)OCC(=O)Nc2ccccc2[N+](=O)[O-])cc1. The van der Waals surface area contributed by atoms with Crippen LogP contribution in [-0.4, -0.2) is 30.0 Å². The summed E-state index contributed by atoms with van der Waals surface area (Å²) in [4.78, 5) is 34.1. The second-order valence-corrected chi connectivity index (χ2v) is 5.27. The number of ether oxygens (including phenoxy) is 2. The van der Waals surface area contributed by atoms with Crippen LogP contribution in [-0.2, 0) is 9.53 Å². The normalized spacial score (nSPS) is 10.0. The number of nitrogens with one attached hydrogen (secondary N) is 1. The predicted octanol–water partition coefficient (Wildman–Crippen LogP) is 3.18. The summed E-state index contributed by atoms with van der Waals surface area (Å²) in [6, 6.07) is 12.1. The summed E-state index contributed by atoms with van der Waals surface area (Å²) in [5, 5.41) is 13.3. The van der Waals surface area contributed by atoms with Crippen molar-refractivity contribution >= 4 is 23.3 Å². The molecule has 26 heavy (non-hydrogen) atoms. The Morgan fingerprint density at radius 1 is 1.12 bits per heavy atom. The van der Waals surface area contributed by atoms with Crippen LogP contribution in [0, 0.1) is 10.1 Å². The lowest BCUT2D eigenvalue weighted by Crippen LogP contribution is -2.21. The van der Waals surface area contributed by atoms with Crippen LogP contribution in [0.4, 0.5) is 11.4 Å². The van der Waals surface area contributed by atoms with Crippen molar-refractivity contribution in [3.8, 4) is 5.75 Å². The summed E-state index contributed by atoms with van der Waals surface area (Å²) >= 11 is 0. The molecule has 2 aromatic carbocycles. The first-order chi connectivity index (χ1) is 12.5. The van der Waals surface area contributed by atoms with Crippen molar-refractivity contribution in [2.24, 2.45) is 0 Å². The number of benzene rings is 2. The highest BCUT2D eigenvalue weighted by molar-refractivity contribution is 5.96. The molecule has 0 saturated carbocycles. The molecular weight excluding hydrogens is 340 g/mol. The van der Waals surface area contributed by atoms with Gasteiger partial charge in [0.15, 0.2) is 6.61 Å². The molecule has 0 aliphatic carbocycles. The Kier molecular flexibility index (Phi) is 6.67. The van der Waals surface area contributed by atoms with Gasteiger partial charge >= 0.3 is 5.97 Å². The van der Waals surface area contributed by atoms with E-state index in [9.17, 15) is 19.7 Å². The van der Waals surface area contributed by atoms with E-state index in [0.717, 1.165) is 6.42 Å². The molecule has 0 aromatic heterocycles. The highest BCUT2D eigenvalue weighted by Crippen LogP contribution is 2.23. The summed E-state index contributed by atoms with van der Waals surface area (Å²) < 4.78 is 10.3. The summed E-state index contributed by atoms with van der Waals surface area (Å²) in [5.41, 5.74) is 0.0677. The molecule has 0 aliphatic rings. The third-order valence-electron chi connectivity index (χ3n) is 3.27. The van der Waals surface area contributed by atoms with Crippen LogP contribution in [0.3, 0.4) is 0 Å². The van der Waals surface area contributed by atoms with Crippen molar-refractivity contribution in [3.05, 3.63) is 64.2 Å². The topological polar surface area (TPSA) is 108 Å². The van der Waals surface area contributed by atoms with Crippen LogP contribution in [0.5, 0.6) is 5.75 Å². The van der Waals surface area contributed by atoms with Gasteiger partial charge in [0.05, 0.1) is 17.1 Å². The third kappa shape index (κ3) is 5.30. The standard InChI is InChI=1S/C18H18N2O6/c1-2-11-25-14-9-7-13(8-10-14)18(22)26-12-17(21)19-15-5-3-4-6-16(15)20(23)24/h3-10H,2,11-12H2,1H3,(H,19,21). The van der Waals surface area contributed by atoms with Gasteiger partial charge in [0.2, 0.25) is 0 Å². The van der Waals surface area contributed by atoms with E-state index in [1.807, 2.05) is 6.92 Å². The summed E-state index contributed by atoms with van der Waals surface area (Å²) in [6.07, 6.45) is 0.873. The van der Waals surface area contributed by atoms with Crippen molar-refractivity contribution in [2.45, 2.75) is 13.3 Å². The number of hydrogen-bond acceptors (Lipinski definition) is 6. The van der Waals surface area contributed by atoms with E-state index in [1.165, 1.54) is 30.3 Å². The van der Waals surface area contributed by atoms with Crippen molar-refractivity contribution in [2.75, 3.05) is 18.5 Å². The molecule has 0 bridgehead atoms. The molecule has 1 amide bonds. The molecule has 8 nitrogen and oxygen atoms in total. The van der Waals surface area contributed by atoms with Gasteiger partial charge in [0, 0.05) is 6.07 Å². The Hall–Kier alpha value is -3.42. The minimum Gasteiger partial charge on any atom is -0.494 e. The number of rotatable bonds is 8. The van der Waals surface area contributed by atoms with Crippen molar-refractivity contribution in [1.29, 1.82) is 0 Å². The van der Waals surface area contributed by atoms with Crippen molar-refractivity contribution in [1.82, 2.24) is 0 Å². The zero-order chi connectivity index (χ0) is 18.9. The zero-order valence-electron chi connectivity index (χ0n) is 14.1. The third-order valence-corrected chi connectivity index (χ3v) is 3.27. The molecule has 1 N–H and O–H groups in total. The van der Waals surface area contributed by atoms with Gasteiger partial charge in [-0.05, 0) is 36.8 Å². The number of esters is 1. The van der Waals surface area contributed by atoms with E-state index in [-0.39, 0.29) is 16.9 Å². The Balaban J connectivity index is 1.89. The predicted molar refractivity (Wildman–Crippen MR) is 94.2 cm³/mol. The summed E-state index contributed by atoms with van der Waals surface area (Å²) in [6.45, 7) is 2.01. The Morgan fingerprint density at radius 2 is 1.81 bits per heavy atom. The Labute approximate surface area is 149 Å². The molecule has 0 unspecified atom stereocenters. The van der Waals surface area contributed by atoms with Gasteiger partial charge < -0.3 is 14.8 Å². The fraction of sp³-hybridized carbons (Fsp3) is 0.222. The molecule has 2 aromatic rings. The van der Waals surface area contributed by atoms with E-state index < -0.39 is 23.4 Å². The maximum Gasteiger partial charge on any atom is 0.338 e. The second kappa shape index (κ2) is 9.16. The first-order valence-electron chi connectivity index (χ1n) is 7.94. The number of anilines is 1. The number of nitrogens with zero attached hydrogens (tertiary/aromatic N) is 1. The largest absolute Gasteiger partial charge is 0.494 e. The van der Waals surface area contributed by atoms with Gasteiger partial charge in [-0.25, -0.2) is 4.79 Å². The first kappa shape index (κ1) is 18.9. The quantitative estimate of drug-likeness (QED) is 0.441. The van der Waals surface area contributed by atoms with E-state index in [1.54, 1.807) is 18.2 Å². The van der Waals surface area contributed by atoms with Crippen molar-refractivity contribution in [3.63, 3.8) is 0 Å². The molecule has 8 heteroatoms. The molecule has 0 saturated heterocycles. The first-order valence-corrected chi connectivity index (χ1v) is 7.94. The lowest BCUT2D eigenvalue weighted by molar-refractivity contribution is -0.383. The number of carbonyl (C=O) groups is 2. The lowest BCUT2D eigenvalue weighted by atomic mass is 10.2. The molecule has 0 aliphatic heterocycles. The molecular formula is C18H18N2O6. The number of para-hydroxylation sites is 2.